The summed E-state index contributed by atoms with van der Waals surface area (Å²) in [5.74, 6) is -0.0530. The van der Waals surface area contributed by atoms with Gasteiger partial charge in [0.2, 0.25) is 5.91 Å². The average molecular weight is 262 g/mol. The molecule has 0 aromatic heterocycles. The van der Waals surface area contributed by atoms with Gasteiger partial charge in [-0.1, -0.05) is 25.1 Å². The molecule has 2 N–H and O–H groups in total. The van der Waals surface area contributed by atoms with E-state index in [1.165, 1.54) is 0 Å². The molecular weight excluding hydrogens is 240 g/mol. The quantitative estimate of drug-likeness (QED) is 0.864. The van der Waals surface area contributed by atoms with E-state index in [0.29, 0.717) is 6.54 Å². The van der Waals surface area contributed by atoms with Crippen LogP contribution in [0.25, 0.3) is 0 Å². The van der Waals surface area contributed by atoms with E-state index in [2.05, 4.69) is 12.2 Å². The largest absolute Gasteiger partial charge is 0.394 e. The summed E-state index contributed by atoms with van der Waals surface area (Å²) in [6, 6.07) is 7.45. The molecule has 19 heavy (non-hydrogen) atoms. The first-order chi connectivity index (χ1) is 8.98. The van der Waals surface area contributed by atoms with Crippen molar-refractivity contribution in [2.75, 3.05) is 18.1 Å². The summed E-state index contributed by atoms with van der Waals surface area (Å²) in [6.07, 6.45) is 0.887. The van der Waals surface area contributed by atoms with Crippen molar-refractivity contribution in [2.45, 2.75) is 38.8 Å². The van der Waals surface area contributed by atoms with Gasteiger partial charge in [-0.2, -0.15) is 0 Å². The number of hydrogen-bond donors (Lipinski definition) is 2. The minimum Gasteiger partial charge on any atom is -0.394 e. The molecule has 0 bridgehead atoms. The van der Waals surface area contributed by atoms with E-state index in [1.807, 2.05) is 38.1 Å². The molecule has 1 aliphatic heterocycles. The minimum atomic E-state index is -0.520. The molecule has 1 atom stereocenters. The minimum absolute atomic E-state index is 0.0530. The first-order valence-corrected chi connectivity index (χ1v) is 6.76. The molecule has 1 unspecified atom stereocenters. The van der Waals surface area contributed by atoms with Crippen LogP contribution in [-0.4, -0.2) is 35.7 Å². The Balaban J connectivity index is 2.38. The van der Waals surface area contributed by atoms with Crippen LogP contribution in [0.15, 0.2) is 24.3 Å². The number of piperazine rings is 1. The maximum absolute atomic E-state index is 12.4. The Kier molecular flexibility index (Phi) is 3.92. The van der Waals surface area contributed by atoms with Gasteiger partial charge in [0, 0.05) is 17.8 Å². The molecule has 1 fully saturated rings. The van der Waals surface area contributed by atoms with Gasteiger partial charge in [-0.25, -0.2) is 0 Å². The number of aliphatic hydroxyl groups excluding tert-OH is 1. The van der Waals surface area contributed by atoms with Gasteiger partial charge in [-0.05, 0) is 31.9 Å². The Morgan fingerprint density at radius 2 is 2.11 bits per heavy atom. The Hall–Kier alpha value is -1.39. The van der Waals surface area contributed by atoms with Crippen molar-refractivity contribution in [1.29, 1.82) is 0 Å². The molecule has 2 rings (SSSR count). The lowest BCUT2D eigenvalue weighted by Crippen LogP contribution is -2.66. The van der Waals surface area contributed by atoms with Crippen LogP contribution in [0.2, 0.25) is 0 Å². The topological polar surface area (TPSA) is 52.6 Å². The number of carbonyl (C=O) groups excluding carboxylic acids is 1. The number of aliphatic hydroxyl groups is 1. The van der Waals surface area contributed by atoms with E-state index >= 15 is 0 Å². The Morgan fingerprint density at radius 1 is 1.42 bits per heavy atom. The highest BCUT2D eigenvalue weighted by Gasteiger charge is 2.38. The Labute approximate surface area is 114 Å². The molecule has 1 saturated heterocycles. The van der Waals surface area contributed by atoms with E-state index in [9.17, 15) is 9.90 Å². The van der Waals surface area contributed by atoms with E-state index in [1.54, 1.807) is 4.90 Å². The Morgan fingerprint density at radius 3 is 2.74 bits per heavy atom. The molecule has 1 aromatic rings. The average Bonchev–Trinajstić information content (AvgIpc) is 2.41. The van der Waals surface area contributed by atoms with Gasteiger partial charge in [0.05, 0.1) is 6.61 Å². The summed E-state index contributed by atoms with van der Waals surface area (Å²) in [5, 5.41) is 12.6. The van der Waals surface area contributed by atoms with Crippen molar-refractivity contribution < 1.29 is 9.90 Å². The highest BCUT2D eigenvalue weighted by Crippen LogP contribution is 2.26. The standard InChI is InChI=1S/C15H22N2O2/c1-4-11-7-5-6-8-13(11)17-10-15(2,3)16-12(9-18)14(17)19/h5-8,12,16,18H,4,9-10H2,1-3H3. The highest BCUT2D eigenvalue weighted by molar-refractivity contribution is 5.99. The van der Waals surface area contributed by atoms with Crippen molar-refractivity contribution in [3.63, 3.8) is 0 Å². The van der Waals surface area contributed by atoms with Crippen LogP contribution in [0.4, 0.5) is 5.69 Å². The van der Waals surface area contributed by atoms with Crippen molar-refractivity contribution in [3.05, 3.63) is 29.8 Å². The highest BCUT2D eigenvalue weighted by atomic mass is 16.3. The molecule has 0 spiro atoms. The van der Waals surface area contributed by atoms with Crippen LogP contribution in [-0.2, 0) is 11.2 Å². The predicted octanol–water partition coefficient (Wildman–Crippen LogP) is 1.32. The normalized spacial score (nSPS) is 22.6. The number of para-hydroxylation sites is 1. The number of nitrogens with one attached hydrogen (secondary N) is 1. The number of nitrogens with zero attached hydrogens (tertiary/aromatic N) is 1. The number of hydrogen-bond acceptors (Lipinski definition) is 3. The maximum atomic E-state index is 12.4. The molecular formula is C15H22N2O2. The van der Waals surface area contributed by atoms with Gasteiger partial charge in [0.15, 0.2) is 0 Å². The smallest absolute Gasteiger partial charge is 0.246 e. The second kappa shape index (κ2) is 5.31. The van der Waals surface area contributed by atoms with E-state index in [0.717, 1.165) is 17.7 Å². The lowest BCUT2D eigenvalue weighted by Gasteiger charge is -2.43. The third kappa shape index (κ3) is 2.80. The summed E-state index contributed by atoms with van der Waals surface area (Å²) in [5.41, 5.74) is 1.91. The zero-order chi connectivity index (χ0) is 14.0. The van der Waals surface area contributed by atoms with Gasteiger partial charge in [0.25, 0.3) is 0 Å². The van der Waals surface area contributed by atoms with Crippen LogP contribution in [0, 0.1) is 0 Å². The first kappa shape index (κ1) is 14.0. The van der Waals surface area contributed by atoms with Gasteiger partial charge in [-0.15, -0.1) is 0 Å². The molecule has 4 heteroatoms. The number of aryl methyl sites for hydroxylation is 1. The third-order valence-corrected chi connectivity index (χ3v) is 3.53. The SMILES string of the molecule is CCc1ccccc1N1CC(C)(C)NC(CO)C1=O. The second-order valence-electron chi connectivity index (χ2n) is 5.67. The van der Waals surface area contributed by atoms with Gasteiger partial charge in [-0.3, -0.25) is 10.1 Å². The molecule has 4 nitrogen and oxygen atoms in total. The van der Waals surface area contributed by atoms with Gasteiger partial charge in [0.1, 0.15) is 6.04 Å². The number of amides is 1. The molecule has 1 aromatic carbocycles. The summed E-state index contributed by atoms with van der Waals surface area (Å²) in [6.45, 7) is 6.61. The molecule has 1 aliphatic rings. The third-order valence-electron chi connectivity index (χ3n) is 3.53. The summed E-state index contributed by atoms with van der Waals surface area (Å²) < 4.78 is 0. The number of benzene rings is 1. The number of anilines is 1. The van der Waals surface area contributed by atoms with Gasteiger partial charge < -0.3 is 10.0 Å². The lowest BCUT2D eigenvalue weighted by molar-refractivity contribution is -0.124. The van der Waals surface area contributed by atoms with Crippen LogP contribution in [0.1, 0.15) is 26.3 Å². The van der Waals surface area contributed by atoms with Crippen LogP contribution in [0.3, 0.4) is 0 Å². The van der Waals surface area contributed by atoms with Crippen molar-refractivity contribution in [1.82, 2.24) is 5.32 Å². The van der Waals surface area contributed by atoms with Crippen molar-refractivity contribution in [3.8, 4) is 0 Å². The molecule has 0 aliphatic carbocycles. The zero-order valence-corrected chi connectivity index (χ0v) is 11.8. The maximum Gasteiger partial charge on any atom is 0.246 e. The molecule has 0 radical (unpaired) electrons. The number of rotatable bonds is 3. The fraction of sp³-hybridized carbons (Fsp3) is 0.533. The van der Waals surface area contributed by atoms with E-state index in [-0.39, 0.29) is 18.1 Å². The predicted molar refractivity (Wildman–Crippen MR) is 76.3 cm³/mol. The Bertz CT molecular complexity index is 471. The molecule has 1 heterocycles. The van der Waals surface area contributed by atoms with Crippen LogP contribution < -0.4 is 10.2 Å². The summed E-state index contributed by atoms with van der Waals surface area (Å²) >= 11 is 0. The number of carbonyl (C=O) groups is 1. The van der Waals surface area contributed by atoms with E-state index in [4.69, 9.17) is 0 Å². The van der Waals surface area contributed by atoms with Gasteiger partial charge >= 0.3 is 0 Å². The molecule has 104 valence electrons. The monoisotopic (exact) mass is 262 g/mol. The van der Waals surface area contributed by atoms with Crippen molar-refractivity contribution in [2.24, 2.45) is 0 Å². The first-order valence-electron chi connectivity index (χ1n) is 6.76. The fourth-order valence-electron chi connectivity index (χ4n) is 2.64. The van der Waals surface area contributed by atoms with Crippen LogP contribution in [0.5, 0.6) is 0 Å². The summed E-state index contributed by atoms with van der Waals surface area (Å²) in [7, 11) is 0. The lowest BCUT2D eigenvalue weighted by atomic mass is 9.96. The van der Waals surface area contributed by atoms with Crippen molar-refractivity contribution >= 4 is 11.6 Å². The molecule has 0 saturated carbocycles. The van der Waals surface area contributed by atoms with E-state index < -0.39 is 6.04 Å². The molecule has 1 amide bonds. The van der Waals surface area contributed by atoms with Crippen LogP contribution >= 0.6 is 0 Å². The fourth-order valence-corrected chi connectivity index (χ4v) is 2.64. The second-order valence-corrected chi connectivity index (χ2v) is 5.67. The zero-order valence-electron chi connectivity index (χ0n) is 11.8. The summed E-state index contributed by atoms with van der Waals surface area (Å²) in [4.78, 5) is 14.2.